The molecular formula is C4H10N2O3S2. The molecule has 0 aliphatic carbocycles. The van der Waals surface area contributed by atoms with Crippen molar-refractivity contribution in [1.82, 2.24) is 0 Å². The van der Waals surface area contributed by atoms with E-state index >= 15 is 0 Å². The third-order valence-corrected chi connectivity index (χ3v) is 2.40. The van der Waals surface area contributed by atoms with Gasteiger partial charge in [-0.05, 0) is 6.42 Å². The highest BCUT2D eigenvalue weighted by molar-refractivity contribution is 8.12. The van der Waals surface area contributed by atoms with Gasteiger partial charge < -0.3 is 5.84 Å². The minimum absolute atomic E-state index is 0.210. The van der Waals surface area contributed by atoms with Crippen LogP contribution in [-0.4, -0.2) is 30.0 Å². The van der Waals surface area contributed by atoms with Crippen LogP contribution in [0.4, 0.5) is 0 Å². The van der Waals surface area contributed by atoms with Gasteiger partial charge >= 0.3 is 0 Å². The lowest BCUT2D eigenvalue weighted by Gasteiger charge is -1.93. The Labute approximate surface area is 69.8 Å². The standard InChI is InChI=1S/C4H10N2O3S2/c5-6-4-10-2-1-3-11(7,8)9/h4H,1-3,5H2,(H,7,8,9). The van der Waals surface area contributed by atoms with Gasteiger partial charge in [0.05, 0.1) is 11.3 Å². The zero-order chi connectivity index (χ0) is 8.74. The van der Waals surface area contributed by atoms with Crippen LogP contribution in [-0.2, 0) is 10.1 Å². The minimum Gasteiger partial charge on any atom is -0.323 e. The molecule has 0 aromatic carbocycles. The van der Waals surface area contributed by atoms with Crippen LogP contribution >= 0.6 is 11.8 Å². The Hall–Kier alpha value is -0.270. The second-order valence-electron chi connectivity index (χ2n) is 1.76. The molecule has 0 rings (SSSR count). The van der Waals surface area contributed by atoms with Crippen LogP contribution < -0.4 is 5.84 Å². The summed E-state index contributed by atoms with van der Waals surface area (Å²) in [5, 5.41) is 3.20. The molecule has 66 valence electrons. The summed E-state index contributed by atoms with van der Waals surface area (Å²) in [6, 6.07) is 0. The fourth-order valence-corrected chi connectivity index (χ4v) is 1.61. The molecular weight excluding hydrogens is 188 g/mol. The first-order chi connectivity index (χ1) is 5.06. The molecule has 0 heterocycles. The highest BCUT2D eigenvalue weighted by Crippen LogP contribution is 1.98. The van der Waals surface area contributed by atoms with Crippen molar-refractivity contribution in [2.45, 2.75) is 6.42 Å². The molecule has 11 heavy (non-hydrogen) atoms. The van der Waals surface area contributed by atoms with E-state index in [4.69, 9.17) is 10.4 Å². The Bertz CT molecular complexity index is 211. The lowest BCUT2D eigenvalue weighted by atomic mass is 10.6. The summed E-state index contributed by atoms with van der Waals surface area (Å²) in [4.78, 5) is 0. The van der Waals surface area contributed by atoms with Crippen LogP contribution in [0.5, 0.6) is 0 Å². The van der Waals surface area contributed by atoms with E-state index < -0.39 is 10.1 Å². The minimum atomic E-state index is -3.80. The van der Waals surface area contributed by atoms with Crippen LogP contribution in [0.3, 0.4) is 0 Å². The molecule has 7 heteroatoms. The topological polar surface area (TPSA) is 92.8 Å². The second-order valence-corrected chi connectivity index (χ2v) is 4.29. The fraction of sp³-hybridized carbons (Fsp3) is 0.750. The van der Waals surface area contributed by atoms with E-state index in [0.29, 0.717) is 12.2 Å². The van der Waals surface area contributed by atoms with Crippen molar-refractivity contribution >= 4 is 27.4 Å². The van der Waals surface area contributed by atoms with Gasteiger partial charge in [0.2, 0.25) is 0 Å². The molecule has 0 radical (unpaired) electrons. The first-order valence-corrected chi connectivity index (χ1v) is 5.50. The summed E-state index contributed by atoms with van der Waals surface area (Å²) in [6.45, 7) is 0. The predicted octanol–water partition coefficient (Wildman–Crippen LogP) is -0.100. The van der Waals surface area contributed by atoms with Gasteiger partial charge in [-0.15, -0.1) is 11.8 Å². The van der Waals surface area contributed by atoms with Gasteiger partial charge in [-0.1, -0.05) is 0 Å². The van der Waals surface area contributed by atoms with Gasteiger partial charge in [0.15, 0.2) is 0 Å². The molecule has 3 N–H and O–H groups in total. The number of thioether (sulfide) groups is 1. The maximum atomic E-state index is 10.2. The third-order valence-electron chi connectivity index (χ3n) is 0.800. The zero-order valence-electron chi connectivity index (χ0n) is 5.80. The Balaban J connectivity index is 3.29. The van der Waals surface area contributed by atoms with E-state index in [-0.39, 0.29) is 5.75 Å². The molecule has 0 bridgehead atoms. The largest absolute Gasteiger partial charge is 0.323 e. The fourth-order valence-electron chi connectivity index (χ4n) is 0.420. The van der Waals surface area contributed by atoms with Crippen molar-refractivity contribution in [2.24, 2.45) is 10.9 Å². The van der Waals surface area contributed by atoms with E-state index in [9.17, 15) is 8.42 Å². The van der Waals surface area contributed by atoms with Gasteiger partial charge in [-0.3, -0.25) is 4.55 Å². The molecule has 0 aromatic rings. The maximum absolute atomic E-state index is 10.2. The SMILES string of the molecule is NN=CSCCCS(=O)(=O)O. The Morgan fingerprint density at radius 1 is 1.64 bits per heavy atom. The summed E-state index contributed by atoms with van der Waals surface area (Å²) in [5.74, 6) is 5.15. The number of hydrogen-bond acceptors (Lipinski definition) is 5. The van der Waals surface area contributed by atoms with Crippen LogP contribution in [0.2, 0.25) is 0 Å². The normalized spacial score (nSPS) is 12.5. The monoisotopic (exact) mass is 198 g/mol. The summed E-state index contributed by atoms with van der Waals surface area (Å²) < 4.78 is 28.6. The average Bonchev–Trinajstić information content (AvgIpc) is 1.85. The zero-order valence-corrected chi connectivity index (χ0v) is 7.44. The number of rotatable bonds is 5. The van der Waals surface area contributed by atoms with Crippen LogP contribution in [0.1, 0.15) is 6.42 Å². The number of nitrogens with two attached hydrogens (primary N) is 1. The van der Waals surface area contributed by atoms with Crippen molar-refractivity contribution in [3.05, 3.63) is 0 Å². The highest BCUT2D eigenvalue weighted by Gasteiger charge is 2.02. The molecule has 0 unspecified atom stereocenters. The summed E-state index contributed by atoms with van der Waals surface area (Å²) >= 11 is 1.30. The van der Waals surface area contributed by atoms with Crippen molar-refractivity contribution in [3.63, 3.8) is 0 Å². The van der Waals surface area contributed by atoms with Gasteiger partial charge in [0.1, 0.15) is 0 Å². The first-order valence-electron chi connectivity index (χ1n) is 2.85. The Morgan fingerprint density at radius 3 is 2.73 bits per heavy atom. The quantitative estimate of drug-likeness (QED) is 0.161. The van der Waals surface area contributed by atoms with Crippen molar-refractivity contribution < 1.29 is 13.0 Å². The molecule has 0 aliphatic rings. The van der Waals surface area contributed by atoms with Crippen LogP contribution in [0.25, 0.3) is 0 Å². The maximum Gasteiger partial charge on any atom is 0.264 e. The molecule has 5 nitrogen and oxygen atoms in total. The lowest BCUT2D eigenvalue weighted by Crippen LogP contribution is -2.04. The van der Waals surface area contributed by atoms with Gasteiger partial charge in [-0.2, -0.15) is 13.5 Å². The van der Waals surface area contributed by atoms with Gasteiger partial charge in [-0.25, -0.2) is 0 Å². The summed E-state index contributed by atoms with van der Waals surface area (Å²) in [6.07, 6.45) is 0.398. The summed E-state index contributed by atoms with van der Waals surface area (Å²) in [5.41, 5.74) is 1.42. The Morgan fingerprint density at radius 2 is 2.27 bits per heavy atom. The number of hydrazone groups is 1. The molecule has 0 spiro atoms. The molecule has 0 amide bonds. The van der Waals surface area contributed by atoms with E-state index in [1.165, 1.54) is 17.3 Å². The molecule has 0 saturated heterocycles. The average molecular weight is 198 g/mol. The first kappa shape index (κ1) is 10.7. The Kier molecular flexibility index (Phi) is 5.26. The van der Waals surface area contributed by atoms with Gasteiger partial charge in [0.25, 0.3) is 10.1 Å². The van der Waals surface area contributed by atoms with Gasteiger partial charge in [0, 0.05) is 5.75 Å². The molecule has 0 fully saturated rings. The number of nitrogens with zero attached hydrogens (tertiary/aromatic N) is 1. The molecule has 0 aromatic heterocycles. The molecule has 0 atom stereocenters. The van der Waals surface area contributed by atoms with Crippen molar-refractivity contribution in [1.29, 1.82) is 0 Å². The van der Waals surface area contributed by atoms with Crippen molar-refractivity contribution in [2.75, 3.05) is 11.5 Å². The van der Waals surface area contributed by atoms with E-state index in [1.807, 2.05) is 0 Å². The van der Waals surface area contributed by atoms with E-state index in [2.05, 4.69) is 5.10 Å². The number of hydrogen-bond donors (Lipinski definition) is 2. The smallest absolute Gasteiger partial charge is 0.264 e. The third kappa shape index (κ3) is 9.73. The highest BCUT2D eigenvalue weighted by atomic mass is 32.2. The summed E-state index contributed by atoms with van der Waals surface area (Å²) in [7, 11) is -3.80. The second kappa shape index (κ2) is 5.39. The molecule has 0 aliphatic heterocycles. The van der Waals surface area contributed by atoms with Crippen LogP contribution in [0, 0.1) is 0 Å². The van der Waals surface area contributed by atoms with E-state index in [1.54, 1.807) is 0 Å². The van der Waals surface area contributed by atoms with Crippen molar-refractivity contribution in [3.8, 4) is 0 Å². The predicted molar refractivity (Wildman–Crippen MR) is 46.2 cm³/mol. The van der Waals surface area contributed by atoms with E-state index in [0.717, 1.165) is 0 Å². The lowest BCUT2D eigenvalue weighted by molar-refractivity contribution is 0.482. The van der Waals surface area contributed by atoms with Crippen LogP contribution in [0.15, 0.2) is 5.10 Å². The molecule has 0 saturated carbocycles.